The number of hydrogen-bond donors (Lipinski definition) is 2. The number of nitriles is 1. The average Bonchev–Trinajstić information content (AvgIpc) is 1.41. The van der Waals surface area contributed by atoms with Gasteiger partial charge < -0.3 is 0 Å². The smallest absolute Gasteiger partial charge is 0.261 e. The molecular formula is CH4N3S+. The average molecular weight is 90.1 g/mol. The first-order valence-corrected chi connectivity index (χ1v) is 1.74. The summed E-state index contributed by atoms with van der Waals surface area (Å²) in [5.41, 5.74) is 0. The van der Waals surface area contributed by atoms with Crippen molar-refractivity contribution in [1.29, 1.82) is 5.26 Å². The molecule has 0 aliphatic rings. The van der Waals surface area contributed by atoms with Gasteiger partial charge >= 0.3 is 1.43 Å². The highest BCUT2D eigenvalue weighted by Crippen LogP contribution is 1.76. The molecule has 28 valence electrons. The van der Waals surface area contributed by atoms with Crippen LogP contribution in [-0.4, -0.2) is 0 Å². The fraction of sp³-hybridized carbons (Fsp3) is 0. The second-order valence-electron chi connectivity index (χ2n) is 0.311. The molecule has 0 aromatic heterocycles. The van der Waals surface area contributed by atoms with Crippen LogP contribution >= 0.6 is 11.9 Å². The number of nitrogens with zero attached hydrogens (tertiary/aromatic N) is 1. The third kappa shape index (κ3) is 3.76. The van der Waals surface area contributed by atoms with E-state index >= 15 is 0 Å². The Kier molecular flexibility index (Phi) is 3.58. The third-order valence-corrected chi connectivity index (χ3v) is 0.314. The van der Waals surface area contributed by atoms with Crippen LogP contribution in [0, 0.1) is 10.7 Å². The van der Waals surface area contributed by atoms with Gasteiger partial charge in [-0.2, -0.15) is 10.1 Å². The zero-order chi connectivity index (χ0) is 4.12. The standard InChI is InChI=1S/CH3N3S/c2-1-5-4-3/h4H,3H2/p+1. The quantitative estimate of drug-likeness (QED) is 0.201. The largest absolute Gasteiger partial charge is 1.00 e. The van der Waals surface area contributed by atoms with Crippen molar-refractivity contribution in [3.05, 3.63) is 0 Å². The zero-order valence-corrected chi connectivity index (χ0v) is 3.25. The Hall–Kier alpha value is -0.240. The Morgan fingerprint density at radius 2 is 2.80 bits per heavy atom. The first kappa shape index (κ1) is 4.76. The van der Waals surface area contributed by atoms with Crippen molar-refractivity contribution in [2.24, 2.45) is 5.84 Å². The number of hydrogen-bond acceptors (Lipinski definition) is 4. The molecular weight excluding hydrogens is 86.1 g/mol. The normalized spacial score (nSPS) is 6.40. The Balaban J connectivity index is 0. The molecule has 5 heavy (non-hydrogen) atoms. The van der Waals surface area contributed by atoms with Crippen LogP contribution in [0.25, 0.3) is 0 Å². The van der Waals surface area contributed by atoms with E-state index in [-0.39, 0.29) is 1.43 Å². The number of nitrogens with two attached hydrogens (primary N) is 1. The predicted octanol–water partition coefficient (Wildman–Crippen LogP) is -0.309. The minimum atomic E-state index is 0. The summed E-state index contributed by atoms with van der Waals surface area (Å²) in [5, 5.41) is 9.33. The second kappa shape index (κ2) is 3.76. The molecule has 0 saturated heterocycles. The first-order chi connectivity index (χ1) is 2.41. The van der Waals surface area contributed by atoms with E-state index in [4.69, 9.17) is 5.26 Å². The van der Waals surface area contributed by atoms with Gasteiger partial charge in [0.1, 0.15) is 0 Å². The van der Waals surface area contributed by atoms with Crippen LogP contribution in [0.4, 0.5) is 0 Å². The first-order valence-electron chi connectivity index (χ1n) is 0.921. The second-order valence-corrected chi connectivity index (χ2v) is 0.934. The maximum Gasteiger partial charge on any atom is 1.00 e. The van der Waals surface area contributed by atoms with Gasteiger partial charge in [0, 0.05) is 0 Å². The van der Waals surface area contributed by atoms with Crippen molar-refractivity contribution < 1.29 is 1.43 Å². The minimum Gasteiger partial charge on any atom is -0.261 e. The highest BCUT2D eigenvalue weighted by atomic mass is 32.2. The lowest BCUT2D eigenvalue weighted by Gasteiger charge is -1.72. The van der Waals surface area contributed by atoms with E-state index in [0.717, 1.165) is 11.9 Å². The summed E-state index contributed by atoms with van der Waals surface area (Å²) in [4.78, 5) is 2.07. The Bertz CT molecular complexity index is 49.2. The molecule has 0 unspecified atom stereocenters. The number of nitrogens with one attached hydrogen (secondary N) is 1. The molecule has 0 bridgehead atoms. The van der Waals surface area contributed by atoms with Gasteiger partial charge in [-0.3, -0.25) is 5.84 Å². The lowest BCUT2D eigenvalue weighted by atomic mass is 11.8. The summed E-state index contributed by atoms with van der Waals surface area (Å²) >= 11 is 0.796. The van der Waals surface area contributed by atoms with Crippen LogP contribution in [-0.2, 0) is 0 Å². The van der Waals surface area contributed by atoms with Crippen LogP contribution in [0.15, 0.2) is 0 Å². The Morgan fingerprint density at radius 3 is 2.80 bits per heavy atom. The van der Waals surface area contributed by atoms with Crippen LogP contribution < -0.4 is 10.7 Å². The van der Waals surface area contributed by atoms with E-state index < -0.39 is 0 Å². The van der Waals surface area contributed by atoms with Crippen LogP contribution in [0.3, 0.4) is 0 Å². The lowest BCUT2D eigenvalue weighted by molar-refractivity contribution is 1.13. The molecule has 0 saturated carbocycles. The van der Waals surface area contributed by atoms with Gasteiger partial charge in [0.25, 0.3) is 0 Å². The monoisotopic (exact) mass is 90.0 g/mol. The van der Waals surface area contributed by atoms with E-state index in [1.54, 1.807) is 5.40 Å². The van der Waals surface area contributed by atoms with Crippen molar-refractivity contribution in [2.75, 3.05) is 0 Å². The van der Waals surface area contributed by atoms with Gasteiger partial charge in [-0.15, -0.1) is 0 Å². The number of thiocyanates is 1. The van der Waals surface area contributed by atoms with Crippen molar-refractivity contribution in [3.63, 3.8) is 0 Å². The topological polar surface area (TPSA) is 61.8 Å². The van der Waals surface area contributed by atoms with E-state index in [1.807, 2.05) is 0 Å². The fourth-order valence-electron chi connectivity index (χ4n) is 0.0264. The SMILES string of the molecule is N#CSNN.[H+]. The molecule has 0 aliphatic carbocycles. The highest BCUT2D eigenvalue weighted by molar-refractivity contribution is 8.01. The van der Waals surface area contributed by atoms with Crippen LogP contribution in [0.1, 0.15) is 1.43 Å². The van der Waals surface area contributed by atoms with Crippen molar-refractivity contribution in [1.82, 2.24) is 4.83 Å². The fourth-order valence-corrected chi connectivity index (χ4v) is 0.0791. The minimum absolute atomic E-state index is 0. The van der Waals surface area contributed by atoms with Gasteiger partial charge in [-0.1, -0.05) is 0 Å². The van der Waals surface area contributed by atoms with Gasteiger partial charge in [0.15, 0.2) is 5.40 Å². The third-order valence-electron chi connectivity index (χ3n) is 0.105. The molecule has 0 amide bonds. The summed E-state index contributed by atoms with van der Waals surface area (Å²) < 4.78 is 0. The van der Waals surface area contributed by atoms with E-state index in [2.05, 4.69) is 10.7 Å². The molecule has 0 atom stereocenters. The van der Waals surface area contributed by atoms with E-state index in [0.29, 0.717) is 0 Å². The van der Waals surface area contributed by atoms with Gasteiger partial charge in [-0.25, -0.2) is 0 Å². The maximum atomic E-state index is 7.64. The lowest BCUT2D eigenvalue weighted by Crippen LogP contribution is -2.09. The van der Waals surface area contributed by atoms with Crippen molar-refractivity contribution in [2.45, 2.75) is 0 Å². The van der Waals surface area contributed by atoms with E-state index in [1.165, 1.54) is 0 Å². The number of rotatable bonds is 1. The van der Waals surface area contributed by atoms with Crippen molar-refractivity contribution >= 4 is 11.9 Å². The summed E-state index contributed by atoms with van der Waals surface area (Å²) in [6.07, 6.45) is 0. The summed E-state index contributed by atoms with van der Waals surface area (Å²) in [5.74, 6) is 4.63. The Labute approximate surface area is 35.7 Å². The van der Waals surface area contributed by atoms with E-state index in [9.17, 15) is 0 Å². The zero-order valence-electron chi connectivity index (χ0n) is 3.43. The summed E-state index contributed by atoms with van der Waals surface area (Å²) in [6.45, 7) is 0. The molecule has 0 radical (unpaired) electrons. The molecule has 3 nitrogen and oxygen atoms in total. The van der Waals surface area contributed by atoms with Crippen LogP contribution in [0.5, 0.6) is 0 Å². The molecule has 3 N–H and O–H groups in total. The molecule has 0 heterocycles. The molecule has 0 aliphatic heterocycles. The number of hydrazine groups is 1. The van der Waals surface area contributed by atoms with Gasteiger partial charge in [-0.05, 0) is 0 Å². The Morgan fingerprint density at radius 1 is 2.20 bits per heavy atom. The summed E-state index contributed by atoms with van der Waals surface area (Å²) in [7, 11) is 0. The highest BCUT2D eigenvalue weighted by Gasteiger charge is 1.62. The van der Waals surface area contributed by atoms with Gasteiger partial charge in [0.05, 0.1) is 11.9 Å². The summed E-state index contributed by atoms with van der Waals surface area (Å²) in [6, 6.07) is 0. The molecule has 0 aromatic carbocycles. The van der Waals surface area contributed by atoms with Crippen molar-refractivity contribution in [3.8, 4) is 5.40 Å². The molecule has 0 fully saturated rings. The van der Waals surface area contributed by atoms with Crippen LogP contribution in [0.2, 0.25) is 0 Å². The molecule has 0 rings (SSSR count). The molecule has 4 heteroatoms. The molecule has 0 spiro atoms. The van der Waals surface area contributed by atoms with Gasteiger partial charge in [0.2, 0.25) is 0 Å². The maximum absolute atomic E-state index is 7.64. The predicted molar refractivity (Wildman–Crippen MR) is 21.6 cm³/mol. The molecule has 0 aromatic rings.